The minimum absolute atomic E-state index is 0. The van der Waals surface area contributed by atoms with E-state index in [0.717, 1.165) is 74.0 Å². The highest BCUT2D eigenvalue weighted by molar-refractivity contribution is 5.91. The summed E-state index contributed by atoms with van der Waals surface area (Å²) in [6.45, 7) is 9.46. The number of fused-ring (bicyclic) bond motifs is 2. The van der Waals surface area contributed by atoms with Crippen LogP contribution in [0.15, 0.2) is 45.6 Å². The Labute approximate surface area is 364 Å². The molecule has 0 aliphatic carbocycles. The van der Waals surface area contributed by atoms with E-state index in [1.807, 2.05) is 54.1 Å². The lowest BCUT2D eigenvalue weighted by Crippen LogP contribution is -2.51. The summed E-state index contributed by atoms with van der Waals surface area (Å²) in [5.41, 5.74) is 4.72. The average molecular weight is 860 g/mol. The van der Waals surface area contributed by atoms with Crippen molar-refractivity contribution in [3.05, 3.63) is 63.6 Å². The highest BCUT2D eigenvalue weighted by Crippen LogP contribution is 2.27. The number of likely N-dealkylation sites (N-methyl/N-ethyl adjacent to an activating group) is 1. The number of aromatic nitrogens is 1. The molecule has 2 atom stereocenters. The lowest BCUT2D eigenvalue weighted by atomic mass is 9.98. The van der Waals surface area contributed by atoms with E-state index in [2.05, 4.69) is 12.2 Å². The number of para-hydroxylation sites is 1. The van der Waals surface area contributed by atoms with Gasteiger partial charge in [0.25, 0.3) is 5.91 Å². The Morgan fingerprint density at radius 1 is 0.871 bits per heavy atom. The van der Waals surface area contributed by atoms with Gasteiger partial charge in [-0.1, -0.05) is 38.6 Å². The van der Waals surface area contributed by atoms with E-state index in [9.17, 15) is 28.8 Å². The van der Waals surface area contributed by atoms with E-state index in [1.54, 1.807) is 27.8 Å². The van der Waals surface area contributed by atoms with Gasteiger partial charge in [0.15, 0.2) is 11.7 Å². The summed E-state index contributed by atoms with van der Waals surface area (Å²) in [4.78, 5) is 84.6. The van der Waals surface area contributed by atoms with Crippen molar-refractivity contribution < 1.29 is 37.9 Å². The first-order valence-corrected chi connectivity index (χ1v) is 22.0. The van der Waals surface area contributed by atoms with E-state index in [-0.39, 0.29) is 49.7 Å². The van der Waals surface area contributed by atoms with Crippen LogP contribution in [-0.2, 0) is 43.7 Å². The van der Waals surface area contributed by atoms with Crippen LogP contribution in [0.5, 0.6) is 0 Å². The smallest absolute Gasteiger partial charge is 0.419 e. The van der Waals surface area contributed by atoms with Gasteiger partial charge in [-0.15, -0.1) is 0 Å². The zero-order valence-electron chi connectivity index (χ0n) is 36.1. The summed E-state index contributed by atoms with van der Waals surface area (Å²) in [5, 5.41) is 3.03. The predicted octanol–water partition coefficient (Wildman–Crippen LogP) is 5.18. The summed E-state index contributed by atoms with van der Waals surface area (Å²) in [7, 11) is 3.61. The van der Waals surface area contributed by atoms with Crippen LogP contribution in [0.4, 0.5) is 15.3 Å². The molecular formula is C46H65N7O9. The molecule has 0 spiro atoms. The number of carbonyl (C=O) groups is 5. The molecule has 0 bridgehead atoms. The Kier molecular flexibility index (Phi) is 15.4. The van der Waals surface area contributed by atoms with Crippen molar-refractivity contribution in [3.8, 4) is 0 Å². The van der Waals surface area contributed by atoms with Gasteiger partial charge in [0.2, 0.25) is 5.91 Å². The molecule has 0 saturated carbocycles. The molecule has 6 heterocycles. The molecular weight excluding hydrogens is 795 g/mol. The number of oxazole rings is 1. The van der Waals surface area contributed by atoms with E-state index < -0.39 is 18.0 Å². The molecule has 8 rings (SSSR count). The van der Waals surface area contributed by atoms with Gasteiger partial charge in [-0.05, 0) is 107 Å². The lowest BCUT2D eigenvalue weighted by Gasteiger charge is -2.38. The van der Waals surface area contributed by atoms with E-state index in [1.165, 1.54) is 4.57 Å². The minimum atomic E-state index is -1.00. The van der Waals surface area contributed by atoms with Gasteiger partial charge in [-0.2, -0.15) is 0 Å². The first-order chi connectivity index (χ1) is 29.4. The maximum absolute atomic E-state index is 13.8. The SMILES string of the molecule is C.CN1CCC[C@@H]1C(=O)OCCN1CCCC1=O.Cc1cc(C[C@@H](OC(=O)N2CCC(N3CCc4ccccc4NC3=O)CC2)C(=O)N2CCC(C)CC2)cc2oc(=O)n(C)c12. The molecule has 1 N–H and O–H groups in total. The summed E-state index contributed by atoms with van der Waals surface area (Å²) in [5.74, 6) is -0.0657. The molecule has 0 radical (unpaired) electrons. The monoisotopic (exact) mass is 859 g/mol. The zero-order valence-corrected chi connectivity index (χ0v) is 36.1. The Morgan fingerprint density at radius 3 is 2.29 bits per heavy atom. The third-order valence-corrected chi connectivity index (χ3v) is 13.0. The molecule has 16 heteroatoms. The highest BCUT2D eigenvalue weighted by Gasteiger charge is 2.36. The van der Waals surface area contributed by atoms with Gasteiger partial charge < -0.3 is 38.8 Å². The lowest BCUT2D eigenvalue weighted by molar-refractivity contribution is -0.149. The molecule has 0 unspecified atom stereocenters. The number of nitrogens with zero attached hydrogens (tertiary/aromatic N) is 6. The fourth-order valence-electron chi connectivity index (χ4n) is 9.32. The molecule has 5 aliphatic heterocycles. The van der Waals surface area contributed by atoms with Gasteiger partial charge >= 0.3 is 23.8 Å². The zero-order chi connectivity index (χ0) is 43.2. The van der Waals surface area contributed by atoms with E-state index in [0.29, 0.717) is 82.2 Å². The summed E-state index contributed by atoms with van der Waals surface area (Å²) < 4.78 is 18.1. The Balaban J connectivity index is 0.000000299. The van der Waals surface area contributed by atoms with Crippen molar-refractivity contribution >= 4 is 46.7 Å². The van der Waals surface area contributed by atoms with Crippen LogP contribution in [0.25, 0.3) is 11.1 Å². The number of aryl methyl sites for hydroxylation is 2. The van der Waals surface area contributed by atoms with Gasteiger partial charge in [-0.3, -0.25) is 23.9 Å². The number of ether oxygens (including phenoxy) is 2. The Bertz CT molecular complexity index is 2140. The van der Waals surface area contributed by atoms with Crippen LogP contribution in [-0.4, -0.2) is 143 Å². The number of anilines is 1. The van der Waals surface area contributed by atoms with Crippen molar-refractivity contribution in [3.63, 3.8) is 0 Å². The molecule has 4 fully saturated rings. The van der Waals surface area contributed by atoms with E-state index in [4.69, 9.17) is 13.9 Å². The van der Waals surface area contributed by atoms with Crippen molar-refractivity contribution in [1.82, 2.24) is 29.1 Å². The molecule has 5 amide bonds. The number of hydrogen-bond acceptors (Lipinski definition) is 10. The van der Waals surface area contributed by atoms with Crippen LogP contribution in [0.3, 0.4) is 0 Å². The predicted molar refractivity (Wildman–Crippen MR) is 235 cm³/mol. The number of rotatable bonds is 9. The Morgan fingerprint density at radius 2 is 1.60 bits per heavy atom. The summed E-state index contributed by atoms with van der Waals surface area (Å²) >= 11 is 0. The average Bonchev–Trinajstić information content (AvgIpc) is 3.92. The third-order valence-electron chi connectivity index (χ3n) is 13.0. The number of amides is 5. The minimum Gasteiger partial charge on any atom is -0.463 e. The van der Waals surface area contributed by atoms with E-state index >= 15 is 0 Å². The molecule has 5 aliphatic rings. The molecule has 16 nitrogen and oxygen atoms in total. The molecule has 4 saturated heterocycles. The first kappa shape index (κ1) is 46.1. The van der Waals surface area contributed by atoms with Crippen LogP contribution in [0.2, 0.25) is 0 Å². The molecule has 1 aromatic heterocycles. The fraction of sp³-hybridized carbons (Fsp3) is 0.609. The van der Waals surface area contributed by atoms with Gasteiger partial charge in [-0.25, -0.2) is 14.4 Å². The number of carbonyl (C=O) groups excluding carboxylic acids is 5. The van der Waals surface area contributed by atoms with Gasteiger partial charge in [0.05, 0.1) is 12.1 Å². The molecule has 3 aromatic rings. The molecule has 338 valence electrons. The summed E-state index contributed by atoms with van der Waals surface area (Å²) in [6.07, 6.45) is 6.01. The maximum atomic E-state index is 13.8. The topological polar surface area (TPSA) is 167 Å². The number of piperidine rings is 2. The van der Waals surface area contributed by atoms with Crippen LogP contribution in [0, 0.1) is 12.8 Å². The fourth-order valence-corrected chi connectivity index (χ4v) is 9.32. The van der Waals surface area contributed by atoms with Crippen LogP contribution >= 0.6 is 0 Å². The van der Waals surface area contributed by atoms with Crippen molar-refractivity contribution in [2.45, 2.75) is 104 Å². The van der Waals surface area contributed by atoms with Crippen LogP contribution < -0.4 is 11.1 Å². The number of esters is 1. The largest absolute Gasteiger partial charge is 0.463 e. The van der Waals surface area contributed by atoms with Crippen LogP contribution in [0.1, 0.15) is 82.4 Å². The quantitative estimate of drug-likeness (QED) is 0.283. The summed E-state index contributed by atoms with van der Waals surface area (Å²) in [6, 6.07) is 11.3. The number of urea groups is 1. The first-order valence-electron chi connectivity index (χ1n) is 22.0. The number of likely N-dealkylation sites (tertiary alicyclic amines) is 4. The third kappa shape index (κ3) is 10.8. The second kappa shape index (κ2) is 20.7. The van der Waals surface area contributed by atoms with Gasteiger partial charge in [0, 0.05) is 70.9 Å². The normalized spacial score (nSPS) is 20.5. The number of hydrogen-bond donors (Lipinski definition) is 1. The second-order valence-electron chi connectivity index (χ2n) is 17.3. The number of nitrogens with one attached hydrogen (secondary N) is 1. The maximum Gasteiger partial charge on any atom is 0.419 e. The second-order valence-corrected chi connectivity index (χ2v) is 17.3. The van der Waals surface area contributed by atoms with Crippen molar-refractivity contribution in [2.24, 2.45) is 13.0 Å². The number of benzene rings is 2. The Hall–Kier alpha value is -5.38. The standard InChI is InChI=1S/C33H41N5O6.C12H20N2O3.CH4/c1-21-8-13-36(14-9-21)30(39)28(20-23-18-22(2)29-27(19-23)43-32(41)35(29)3)44-33(42)37-15-11-25(12-16-37)38-17-10-24-6-4-5-7-26(24)34-31(38)40;1-13-6-2-4-10(13)12(16)17-9-8-14-7-3-5-11(14)15;/h4-7,18-19,21,25,28H,8-17,20H2,1-3H3,(H,34,40);10H,2-9H2,1H3;1H4/t28-;10-;/m11./s1. The molecule has 62 heavy (non-hydrogen) atoms. The molecule has 2 aromatic carbocycles. The van der Waals surface area contributed by atoms with Gasteiger partial charge in [0.1, 0.15) is 12.6 Å². The highest BCUT2D eigenvalue weighted by atomic mass is 16.6. The van der Waals surface area contributed by atoms with Crippen molar-refractivity contribution in [1.29, 1.82) is 0 Å². The van der Waals surface area contributed by atoms with Crippen molar-refractivity contribution in [2.75, 3.05) is 71.3 Å².